The molecule has 7 nitrogen and oxygen atoms in total. The smallest absolute Gasteiger partial charge is 0.335 e. The number of carboxylic acid groups (broad SMARTS) is 1. The summed E-state index contributed by atoms with van der Waals surface area (Å²) in [6.45, 7) is 4.26. The topological polar surface area (TPSA) is 107 Å². The number of benzene rings is 4. The Balaban J connectivity index is 1.57. The second kappa shape index (κ2) is 9.62. The van der Waals surface area contributed by atoms with E-state index in [-0.39, 0.29) is 28.6 Å². The molecule has 0 aliphatic heterocycles. The second-order valence-electron chi connectivity index (χ2n) is 9.03. The molecule has 3 N–H and O–H groups in total. The number of carbonyl (C=O) groups is 1. The molecule has 0 saturated carbocycles. The first kappa shape index (κ1) is 23.8. The van der Waals surface area contributed by atoms with Gasteiger partial charge < -0.3 is 15.3 Å². The molecule has 1 aromatic heterocycles. The Kier molecular flexibility index (Phi) is 6.19. The van der Waals surface area contributed by atoms with Gasteiger partial charge in [0.25, 0.3) is 0 Å². The van der Waals surface area contributed by atoms with Gasteiger partial charge in [-0.1, -0.05) is 68.4 Å². The molecule has 0 spiro atoms. The van der Waals surface area contributed by atoms with Crippen LogP contribution in [0.15, 0.2) is 101 Å². The summed E-state index contributed by atoms with van der Waals surface area (Å²) >= 11 is 0. The van der Waals surface area contributed by atoms with Crippen LogP contribution in [-0.4, -0.2) is 25.9 Å². The van der Waals surface area contributed by atoms with Crippen LogP contribution >= 0.6 is 0 Å². The summed E-state index contributed by atoms with van der Waals surface area (Å²) in [6.07, 6.45) is 0. The summed E-state index contributed by atoms with van der Waals surface area (Å²) in [6, 6.07) is 26.8. The highest BCUT2D eigenvalue weighted by Crippen LogP contribution is 2.43. The van der Waals surface area contributed by atoms with E-state index in [1.807, 2.05) is 48.5 Å². The lowest BCUT2D eigenvalue weighted by atomic mass is 10.0. The molecule has 0 amide bonds. The van der Waals surface area contributed by atoms with E-state index in [2.05, 4.69) is 24.1 Å². The lowest BCUT2D eigenvalue weighted by Gasteiger charge is -2.10. The van der Waals surface area contributed by atoms with Crippen LogP contribution < -0.4 is 0 Å². The molecule has 0 unspecified atom stereocenters. The summed E-state index contributed by atoms with van der Waals surface area (Å²) in [4.78, 5) is 11.4. The molecule has 184 valence electrons. The molecule has 7 heteroatoms. The van der Waals surface area contributed by atoms with E-state index >= 15 is 0 Å². The van der Waals surface area contributed by atoms with E-state index in [0.717, 1.165) is 11.2 Å². The number of hydrogen-bond donors (Lipinski definition) is 3. The van der Waals surface area contributed by atoms with Gasteiger partial charge in [-0.15, -0.1) is 10.2 Å². The van der Waals surface area contributed by atoms with Gasteiger partial charge in [0.2, 0.25) is 5.88 Å². The number of phenolic OH excluding ortho intramolecular Hbond substituents is 1. The zero-order chi connectivity index (χ0) is 26.1. The average molecular weight is 492 g/mol. The van der Waals surface area contributed by atoms with Crippen LogP contribution in [0.4, 0.5) is 11.4 Å². The number of hydrogen-bond acceptors (Lipinski definition) is 5. The zero-order valence-electron chi connectivity index (χ0n) is 20.3. The van der Waals surface area contributed by atoms with Gasteiger partial charge in [-0.25, -0.2) is 4.79 Å². The van der Waals surface area contributed by atoms with Crippen LogP contribution in [0.3, 0.4) is 0 Å². The molecule has 5 rings (SSSR count). The molecule has 0 radical (unpaired) electrons. The number of phenols is 1. The first-order valence-corrected chi connectivity index (χ1v) is 11.9. The van der Waals surface area contributed by atoms with Crippen LogP contribution in [0.1, 0.15) is 35.7 Å². The van der Waals surface area contributed by atoms with Crippen molar-refractivity contribution in [3.05, 3.63) is 102 Å². The van der Waals surface area contributed by atoms with Gasteiger partial charge in [0.05, 0.1) is 11.1 Å². The van der Waals surface area contributed by atoms with Crippen molar-refractivity contribution in [1.82, 2.24) is 4.57 Å². The van der Waals surface area contributed by atoms with Crippen molar-refractivity contribution in [2.75, 3.05) is 0 Å². The van der Waals surface area contributed by atoms with Crippen molar-refractivity contribution >= 4 is 28.2 Å². The highest BCUT2D eigenvalue weighted by molar-refractivity contribution is 5.96. The molecule has 37 heavy (non-hydrogen) atoms. The molecule has 0 aliphatic carbocycles. The van der Waals surface area contributed by atoms with Crippen LogP contribution in [0, 0.1) is 0 Å². The maximum absolute atomic E-state index is 11.4. The maximum Gasteiger partial charge on any atom is 0.335 e. The van der Waals surface area contributed by atoms with E-state index in [1.165, 1.54) is 17.7 Å². The molecular weight excluding hydrogens is 466 g/mol. The van der Waals surface area contributed by atoms with Gasteiger partial charge in [0.1, 0.15) is 5.69 Å². The number of para-hydroxylation sites is 2. The summed E-state index contributed by atoms with van der Waals surface area (Å²) in [5.41, 5.74) is 4.32. The number of fused-ring (bicyclic) bond motifs is 1. The van der Waals surface area contributed by atoms with E-state index in [4.69, 9.17) is 0 Å². The molecule has 5 aromatic rings. The lowest BCUT2D eigenvalue weighted by Crippen LogP contribution is -1.95. The third-order valence-corrected chi connectivity index (χ3v) is 6.33. The van der Waals surface area contributed by atoms with E-state index < -0.39 is 5.97 Å². The Bertz CT molecular complexity index is 1650. The van der Waals surface area contributed by atoms with Gasteiger partial charge in [0, 0.05) is 16.6 Å². The molecule has 1 heterocycles. The van der Waals surface area contributed by atoms with Crippen molar-refractivity contribution in [3.8, 4) is 28.4 Å². The fraction of sp³-hybridized carbons (Fsp3) is 0.100. The standard InChI is InChI=1S/C30H25N3O4/c1-18(2)19-13-15-22(16-14-19)33-26-12-4-3-9-24(26)27(29(33)35)32-31-25-11-6-10-23(28(25)34)20-7-5-8-21(17-20)30(36)37/h3-18,34-35H,1-2H3,(H,36,37). The number of nitrogens with zero attached hydrogens (tertiary/aromatic N) is 3. The minimum absolute atomic E-state index is 0.0629. The number of aromatic hydroxyl groups is 2. The summed E-state index contributed by atoms with van der Waals surface area (Å²) < 4.78 is 1.72. The van der Waals surface area contributed by atoms with Gasteiger partial charge in [-0.05, 0) is 53.4 Å². The normalized spacial score (nSPS) is 11.5. The monoisotopic (exact) mass is 491 g/mol. The largest absolute Gasteiger partial charge is 0.505 e. The number of rotatable bonds is 6. The predicted octanol–water partition coefficient (Wildman–Crippen LogP) is 7.95. The van der Waals surface area contributed by atoms with Gasteiger partial charge in [-0.3, -0.25) is 4.57 Å². The molecule has 4 aromatic carbocycles. The quantitative estimate of drug-likeness (QED) is 0.209. The third-order valence-electron chi connectivity index (χ3n) is 6.33. The Hall–Kier alpha value is -4.91. The maximum atomic E-state index is 11.4. The number of aromatic carboxylic acids is 1. The summed E-state index contributed by atoms with van der Waals surface area (Å²) in [7, 11) is 0. The SMILES string of the molecule is CC(C)c1ccc(-n2c(O)c(N=Nc3cccc(-c4cccc(C(=O)O)c4)c3O)c3ccccc32)cc1. The van der Waals surface area contributed by atoms with Gasteiger partial charge in [0.15, 0.2) is 11.4 Å². The number of aromatic nitrogens is 1. The van der Waals surface area contributed by atoms with Crippen molar-refractivity contribution in [2.24, 2.45) is 10.2 Å². The molecule has 0 aliphatic rings. The van der Waals surface area contributed by atoms with Crippen molar-refractivity contribution in [2.45, 2.75) is 19.8 Å². The fourth-order valence-corrected chi connectivity index (χ4v) is 4.35. The van der Waals surface area contributed by atoms with Crippen LogP contribution in [0.25, 0.3) is 27.7 Å². The Labute approximate surface area is 213 Å². The van der Waals surface area contributed by atoms with Crippen molar-refractivity contribution < 1.29 is 20.1 Å². The van der Waals surface area contributed by atoms with Crippen molar-refractivity contribution in [1.29, 1.82) is 0 Å². The van der Waals surface area contributed by atoms with Crippen LogP contribution in [0.2, 0.25) is 0 Å². The van der Waals surface area contributed by atoms with Crippen LogP contribution in [0.5, 0.6) is 11.6 Å². The molecule has 0 saturated heterocycles. The number of carboxylic acids is 1. The van der Waals surface area contributed by atoms with Gasteiger partial charge in [-0.2, -0.15) is 0 Å². The summed E-state index contributed by atoms with van der Waals surface area (Å²) in [5.74, 6) is -0.861. The van der Waals surface area contributed by atoms with Gasteiger partial charge >= 0.3 is 5.97 Å². The molecule has 0 atom stereocenters. The molecule has 0 bridgehead atoms. The van der Waals surface area contributed by atoms with E-state index in [0.29, 0.717) is 22.4 Å². The predicted molar refractivity (Wildman–Crippen MR) is 144 cm³/mol. The van der Waals surface area contributed by atoms with Crippen LogP contribution in [-0.2, 0) is 0 Å². The number of azo groups is 1. The highest BCUT2D eigenvalue weighted by atomic mass is 16.4. The molecule has 0 fully saturated rings. The second-order valence-corrected chi connectivity index (χ2v) is 9.03. The van der Waals surface area contributed by atoms with E-state index in [1.54, 1.807) is 34.9 Å². The average Bonchev–Trinajstić information content (AvgIpc) is 3.19. The zero-order valence-corrected chi connectivity index (χ0v) is 20.3. The minimum atomic E-state index is -1.05. The summed E-state index contributed by atoms with van der Waals surface area (Å²) in [5, 5.41) is 40.7. The third kappa shape index (κ3) is 4.43. The Morgan fingerprint density at radius 2 is 1.57 bits per heavy atom. The highest BCUT2D eigenvalue weighted by Gasteiger charge is 2.18. The Morgan fingerprint density at radius 1 is 0.838 bits per heavy atom. The van der Waals surface area contributed by atoms with Crippen molar-refractivity contribution in [3.63, 3.8) is 0 Å². The molecular formula is C30H25N3O4. The minimum Gasteiger partial charge on any atom is -0.505 e. The first-order valence-electron chi connectivity index (χ1n) is 11.9. The van der Waals surface area contributed by atoms with E-state index in [9.17, 15) is 20.1 Å². The fourth-order valence-electron chi connectivity index (χ4n) is 4.35. The first-order chi connectivity index (χ1) is 17.8. The Morgan fingerprint density at radius 3 is 2.30 bits per heavy atom. The lowest BCUT2D eigenvalue weighted by molar-refractivity contribution is 0.0697.